The number of rotatable bonds is 12. The Labute approximate surface area is 250 Å². The average molecular weight is 619 g/mol. The minimum absolute atomic E-state index is 0.0452. The number of hydrogen-bond acceptors (Lipinski definition) is 8. The standard InChI is InChI=1S/C30H38N2O8S2/c1-9-19-31(41(33,34)25-15-11-23(3)12-16-25)21-27-28(40-30(6,38-8)29(5,37-7)39-27)22-32(20-10-2)42(35,36)26-17-13-24(4)14-18-26/h1-2,11-18,27-28H,19-22H2,3-8H3/t27-,28?,29+,30+/m0/s1. The number of sulfonamides is 2. The van der Waals surface area contributed by atoms with E-state index in [4.69, 9.17) is 31.8 Å². The Bertz CT molecular complexity index is 1410. The molecule has 1 unspecified atom stereocenters. The van der Waals surface area contributed by atoms with Crippen molar-refractivity contribution in [1.82, 2.24) is 8.61 Å². The van der Waals surface area contributed by atoms with Gasteiger partial charge in [0.15, 0.2) is 0 Å². The lowest BCUT2D eigenvalue weighted by Gasteiger charge is -2.53. The van der Waals surface area contributed by atoms with Crippen LogP contribution < -0.4 is 0 Å². The smallest absolute Gasteiger partial charge is 0.244 e. The number of terminal acetylenes is 2. The van der Waals surface area contributed by atoms with Crippen LogP contribution in [-0.2, 0) is 39.0 Å². The van der Waals surface area contributed by atoms with E-state index >= 15 is 0 Å². The van der Waals surface area contributed by atoms with Gasteiger partial charge in [-0.3, -0.25) is 0 Å². The van der Waals surface area contributed by atoms with Gasteiger partial charge < -0.3 is 18.9 Å². The highest BCUT2D eigenvalue weighted by molar-refractivity contribution is 7.89. The monoisotopic (exact) mass is 618 g/mol. The van der Waals surface area contributed by atoms with Crippen LogP contribution in [0.3, 0.4) is 0 Å². The van der Waals surface area contributed by atoms with Crippen molar-refractivity contribution in [2.24, 2.45) is 0 Å². The third kappa shape index (κ3) is 6.88. The summed E-state index contributed by atoms with van der Waals surface area (Å²) in [6.07, 6.45) is 9.05. The van der Waals surface area contributed by atoms with Crippen LogP contribution in [0.5, 0.6) is 0 Å². The molecule has 1 aliphatic heterocycles. The van der Waals surface area contributed by atoms with Gasteiger partial charge in [0.05, 0.1) is 22.9 Å². The topological polar surface area (TPSA) is 112 Å². The van der Waals surface area contributed by atoms with Crippen LogP contribution >= 0.6 is 0 Å². The summed E-state index contributed by atoms with van der Waals surface area (Å²) in [7, 11) is -5.36. The van der Waals surface area contributed by atoms with Crippen LogP contribution in [0.1, 0.15) is 25.0 Å². The lowest BCUT2D eigenvalue weighted by Crippen LogP contribution is -2.68. The predicted octanol–water partition coefficient (Wildman–Crippen LogP) is 2.76. The molecule has 0 aromatic heterocycles. The zero-order valence-electron chi connectivity index (χ0n) is 24.7. The van der Waals surface area contributed by atoms with Gasteiger partial charge in [-0.15, -0.1) is 12.8 Å². The van der Waals surface area contributed by atoms with E-state index in [0.29, 0.717) is 0 Å². The maximum Gasteiger partial charge on any atom is 0.244 e. The second-order valence-electron chi connectivity index (χ2n) is 10.2. The van der Waals surface area contributed by atoms with E-state index in [-0.39, 0.29) is 36.0 Å². The summed E-state index contributed by atoms with van der Waals surface area (Å²) >= 11 is 0. The van der Waals surface area contributed by atoms with Crippen molar-refractivity contribution < 1.29 is 35.8 Å². The summed E-state index contributed by atoms with van der Waals surface area (Å²) in [6.45, 7) is 5.75. The Morgan fingerprint density at radius 3 is 1.29 bits per heavy atom. The van der Waals surface area contributed by atoms with Crippen molar-refractivity contribution in [3.05, 3.63) is 59.7 Å². The largest absolute Gasteiger partial charge is 0.349 e. The quantitative estimate of drug-likeness (QED) is 0.334. The van der Waals surface area contributed by atoms with E-state index in [0.717, 1.165) is 19.7 Å². The van der Waals surface area contributed by atoms with Gasteiger partial charge in [-0.2, -0.15) is 8.61 Å². The number of benzene rings is 2. The zero-order chi connectivity index (χ0) is 31.3. The highest BCUT2D eigenvalue weighted by Crippen LogP contribution is 2.40. The molecule has 0 spiro atoms. The number of nitrogens with zero attached hydrogens (tertiary/aromatic N) is 2. The van der Waals surface area contributed by atoms with Gasteiger partial charge >= 0.3 is 0 Å². The highest BCUT2D eigenvalue weighted by Gasteiger charge is 2.57. The summed E-state index contributed by atoms with van der Waals surface area (Å²) in [5.74, 6) is 1.77. The van der Waals surface area contributed by atoms with Gasteiger partial charge in [0.1, 0.15) is 12.2 Å². The summed E-state index contributed by atoms with van der Waals surface area (Å²) in [5.41, 5.74) is 1.78. The van der Waals surface area contributed by atoms with Gasteiger partial charge in [0, 0.05) is 27.3 Å². The second kappa shape index (κ2) is 13.2. The third-order valence-electron chi connectivity index (χ3n) is 7.39. The second-order valence-corrected chi connectivity index (χ2v) is 14.1. The van der Waals surface area contributed by atoms with E-state index in [9.17, 15) is 16.8 Å². The lowest BCUT2D eigenvalue weighted by molar-refractivity contribution is -0.447. The molecule has 10 nitrogen and oxygen atoms in total. The maximum atomic E-state index is 13.7. The summed E-state index contributed by atoms with van der Waals surface area (Å²) in [5, 5.41) is 0. The van der Waals surface area contributed by atoms with Crippen LogP contribution in [0.25, 0.3) is 0 Å². The fourth-order valence-corrected chi connectivity index (χ4v) is 7.27. The van der Waals surface area contributed by atoms with Gasteiger partial charge in [0.25, 0.3) is 0 Å². The fraction of sp³-hybridized carbons (Fsp3) is 0.467. The molecule has 0 N–H and O–H groups in total. The van der Waals surface area contributed by atoms with E-state index in [1.165, 1.54) is 38.5 Å². The first-order valence-corrected chi connectivity index (χ1v) is 16.0. The number of hydrogen-bond donors (Lipinski definition) is 0. The van der Waals surface area contributed by atoms with Crippen molar-refractivity contribution in [2.75, 3.05) is 40.4 Å². The Balaban J connectivity index is 2.06. The van der Waals surface area contributed by atoms with Crippen molar-refractivity contribution >= 4 is 20.0 Å². The fourth-order valence-electron chi connectivity index (χ4n) is 4.54. The van der Waals surface area contributed by atoms with E-state index < -0.39 is 43.8 Å². The molecule has 4 atom stereocenters. The molecular weight excluding hydrogens is 580 g/mol. The Morgan fingerprint density at radius 2 is 1.02 bits per heavy atom. The lowest BCUT2D eigenvalue weighted by atomic mass is 10.0. The van der Waals surface area contributed by atoms with Gasteiger partial charge in [-0.25, -0.2) is 16.8 Å². The first kappa shape index (κ1) is 33.7. The Morgan fingerprint density at radius 1 is 0.714 bits per heavy atom. The SMILES string of the molecule is C#CCN(CC1O[C@@](C)(OC)[C@](C)(OC)O[C@H]1CN(CC#C)S(=O)(=O)c1ccc(C)cc1)S(=O)(=O)c1ccc(C)cc1. The van der Waals surface area contributed by atoms with Gasteiger partial charge in [-0.05, 0) is 52.0 Å². The minimum atomic E-state index is -4.08. The zero-order valence-corrected chi connectivity index (χ0v) is 26.4. The molecule has 3 rings (SSSR count). The molecule has 0 aliphatic carbocycles. The van der Waals surface area contributed by atoms with Crippen LogP contribution in [0.4, 0.5) is 0 Å². The first-order valence-electron chi connectivity index (χ1n) is 13.1. The normalized spacial score (nSPS) is 24.8. The maximum absolute atomic E-state index is 13.7. The number of aryl methyl sites for hydroxylation is 2. The molecule has 0 saturated carbocycles. The minimum Gasteiger partial charge on any atom is -0.349 e. The van der Waals surface area contributed by atoms with Crippen LogP contribution in [0.15, 0.2) is 58.3 Å². The van der Waals surface area contributed by atoms with Crippen LogP contribution in [0.2, 0.25) is 0 Å². The molecule has 12 heteroatoms. The molecule has 2 aromatic carbocycles. The van der Waals surface area contributed by atoms with E-state index in [1.807, 2.05) is 13.8 Å². The number of ether oxygens (including phenoxy) is 4. The van der Waals surface area contributed by atoms with Crippen LogP contribution in [0, 0.1) is 38.5 Å². The molecule has 0 radical (unpaired) electrons. The van der Waals surface area contributed by atoms with E-state index in [1.54, 1.807) is 38.1 Å². The summed E-state index contributed by atoms with van der Waals surface area (Å²) in [4.78, 5) is 0.0903. The molecule has 42 heavy (non-hydrogen) atoms. The molecule has 2 aromatic rings. The summed E-state index contributed by atoms with van der Waals surface area (Å²) in [6, 6.07) is 12.7. The number of methoxy groups -OCH3 is 2. The van der Waals surface area contributed by atoms with E-state index in [2.05, 4.69) is 11.8 Å². The Kier molecular flexibility index (Phi) is 10.6. The first-order chi connectivity index (χ1) is 19.7. The molecular formula is C30H38N2O8S2. The van der Waals surface area contributed by atoms with Gasteiger partial charge in [-0.1, -0.05) is 47.2 Å². The van der Waals surface area contributed by atoms with Gasteiger partial charge in [0.2, 0.25) is 31.6 Å². The van der Waals surface area contributed by atoms with Crippen molar-refractivity contribution in [1.29, 1.82) is 0 Å². The predicted molar refractivity (Wildman–Crippen MR) is 158 cm³/mol. The molecule has 0 bridgehead atoms. The average Bonchev–Trinajstić information content (AvgIpc) is 2.95. The molecule has 1 heterocycles. The highest BCUT2D eigenvalue weighted by atomic mass is 32.2. The molecule has 0 amide bonds. The molecule has 228 valence electrons. The van der Waals surface area contributed by atoms with Crippen molar-refractivity contribution in [2.45, 2.75) is 61.3 Å². The van der Waals surface area contributed by atoms with Crippen molar-refractivity contribution in [3.63, 3.8) is 0 Å². The molecule has 1 fully saturated rings. The third-order valence-corrected chi connectivity index (χ3v) is 11.0. The summed E-state index contributed by atoms with van der Waals surface area (Å²) < 4.78 is 80.9. The van der Waals surface area contributed by atoms with Crippen molar-refractivity contribution in [3.8, 4) is 24.7 Å². The molecule has 1 aliphatic rings. The Hall–Kier alpha value is -2.78. The molecule has 1 saturated heterocycles. The van der Waals surface area contributed by atoms with Crippen LogP contribution in [-0.4, -0.2) is 89.6 Å².